The summed E-state index contributed by atoms with van der Waals surface area (Å²) in [6.07, 6.45) is 2.26. The van der Waals surface area contributed by atoms with Crippen LogP contribution in [0.3, 0.4) is 0 Å². The molecule has 0 fully saturated rings. The molecule has 120 valence electrons. The van der Waals surface area contributed by atoms with Gasteiger partial charge in [0, 0.05) is 32.2 Å². The number of benzene rings is 1. The minimum Gasteiger partial charge on any atom is -0.383 e. The molecule has 9 heteroatoms. The van der Waals surface area contributed by atoms with Gasteiger partial charge in [0.15, 0.2) is 0 Å². The monoisotopic (exact) mass is 315 g/mol. The predicted molar refractivity (Wildman–Crippen MR) is 81.8 cm³/mol. The van der Waals surface area contributed by atoms with Gasteiger partial charge in [-0.3, -0.25) is 4.79 Å². The van der Waals surface area contributed by atoms with E-state index in [4.69, 9.17) is 4.74 Å². The van der Waals surface area contributed by atoms with Crippen molar-refractivity contribution in [2.45, 2.75) is 13.0 Å². The molecule has 2 N–H and O–H groups in total. The van der Waals surface area contributed by atoms with Gasteiger partial charge in [0.25, 0.3) is 5.91 Å². The van der Waals surface area contributed by atoms with Gasteiger partial charge in [0.1, 0.15) is 23.2 Å². The van der Waals surface area contributed by atoms with Crippen LogP contribution in [0.25, 0.3) is 11.0 Å². The Labute approximate surface area is 132 Å². The van der Waals surface area contributed by atoms with Crippen molar-refractivity contribution in [1.29, 1.82) is 0 Å². The molecule has 0 aliphatic rings. The van der Waals surface area contributed by atoms with Crippen LogP contribution in [0.2, 0.25) is 0 Å². The maximum Gasteiger partial charge on any atom is 0.251 e. The van der Waals surface area contributed by atoms with Gasteiger partial charge in [0.05, 0.1) is 6.61 Å². The molecule has 0 saturated heterocycles. The Morgan fingerprint density at radius 3 is 3.09 bits per heavy atom. The first-order chi connectivity index (χ1) is 11.3. The number of hydrogen-bond donors (Lipinski definition) is 2. The second-order valence-corrected chi connectivity index (χ2v) is 4.97. The molecular formula is C14H17N7O2. The van der Waals surface area contributed by atoms with Crippen LogP contribution in [0.15, 0.2) is 24.5 Å². The van der Waals surface area contributed by atoms with Crippen molar-refractivity contribution in [1.82, 2.24) is 35.5 Å². The maximum absolute atomic E-state index is 12.2. The normalized spacial score (nSPS) is 11.0. The van der Waals surface area contributed by atoms with E-state index in [1.54, 1.807) is 31.6 Å². The molecule has 23 heavy (non-hydrogen) atoms. The van der Waals surface area contributed by atoms with Crippen molar-refractivity contribution < 1.29 is 9.53 Å². The SMILES string of the molecule is COCCn1cnnc1CCNC(=O)c1ccc2n[nH]nc2c1. The number of carbonyl (C=O) groups is 1. The Hall–Kier alpha value is -2.81. The number of aromatic amines is 1. The van der Waals surface area contributed by atoms with E-state index in [0.29, 0.717) is 37.2 Å². The predicted octanol–water partition coefficient (Wildman–Crippen LogP) is 0.168. The number of ether oxygens (including phenoxy) is 1. The first kappa shape index (κ1) is 15.1. The molecule has 0 spiro atoms. The molecule has 0 atom stereocenters. The molecule has 0 saturated carbocycles. The Kier molecular flexibility index (Phi) is 4.57. The zero-order chi connectivity index (χ0) is 16.1. The van der Waals surface area contributed by atoms with Crippen molar-refractivity contribution in [2.75, 3.05) is 20.3 Å². The molecule has 0 aliphatic carbocycles. The third-order valence-corrected chi connectivity index (χ3v) is 3.44. The van der Waals surface area contributed by atoms with Crippen LogP contribution in [0.4, 0.5) is 0 Å². The van der Waals surface area contributed by atoms with E-state index < -0.39 is 0 Å². The number of hydrogen-bond acceptors (Lipinski definition) is 6. The molecule has 0 radical (unpaired) electrons. The topological polar surface area (TPSA) is 111 Å². The first-order valence-corrected chi connectivity index (χ1v) is 7.22. The fraction of sp³-hybridized carbons (Fsp3) is 0.357. The number of methoxy groups -OCH3 is 1. The van der Waals surface area contributed by atoms with Crippen LogP contribution in [-0.4, -0.2) is 56.3 Å². The molecule has 2 heterocycles. The molecule has 0 bridgehead atoms. The van der Waals surface area contributed by atoms with Crippen LogP contribution in [0.5, 0.6) is 0 Å². The van der Waals surface area contributed by atoms with Gasteiger partial charge in [-0.05, 0) is 18.2 Å². The van der Waals surface area contributed by atoms with Crippen molar-refractivity contribution in [2.24, 2.45) is 0 Å². The van der Waals surface area contributed by atoms with E-state index >= 15 is 0 Å². The smallest absolute Gasteiger partial charge is 0.251 e. The summed E-state index contributed by atoms with van der Waals surface area (Å²) in [5.74, 6) is 0.659. The van der Waals surface area contributed by atoms with Crippen LogP contribution in [-0.2, 0) is 17.7 Å². The fourth-order valence-corrected chi connectivity index (χ4v) is 2.22. The molecule has 0 aliphatic heterocycles. The van der Waals surface area contributed by atoms with E-state index in [9.17, 15) is 4.79 Å². The molecule has 1 amide bonds. The van der Waals surface area contributed by atoms with Crippen LogP contribution in [0, 0.1) is 0 Å². The quantitative estimate of drug-likeness (QED) is 0.643. The van der Waals surface area contributed by atoms with Gasteiger partial charge in [-0.1, -0.05) is 0 Å². The third-order valence-electron chi connectivity index (χ3n) is 3.44. The summed E-state index contributed by atoms with van der Waals surface area (Å²) in [6, 6.07) is 5.19. The lowest BCUT2D eigenvalue weighted by molar-refractivity contribution is 0.0954. The number of nitrogens with zero attached hydrogens (tertiary/aromatic N) is 5. The Bertz CT molecular complexity index is 795. The number of carbonyl (C=O) groups excluding carboxylic acids is 1. The Balaban J connectivity index is 1.55. The van der Waals surface area contributed by atoms with E-state index in [1.165, 1.54) is 0 Å². The van der Waals surface area contributed by atoms with Gasteiger partial charge >= 0.3 is 0 Å². The van der Waals surface area contributed by atoms with Crippen LogP contribution < -0.4 is 5.32 Å². The number of aromatic nitrogens is 6. The summed E-state index contributed by atoms with van der Waals surface area (Å²) in [5, 5.41) is 21.3. The van der Waals surface area contributed by atoms with Crippen molar-refractivity contribution in [3.05, 3.63) is 35.9 Å². The van der Waals surface area contributed by atoms with Crippen molar-refractivity contribution in [3.63, 3.8) is 0 Å². The number of H-pyrrole nitrogens is 1. The summed E-state index contributed by atoms with van der Waals surface area (Å²) in [6.45, 7) is 1.76. The molecule has 3 aromatic rings. The van der Waals surface area contributed by atoms with Gasteiger partial charge in [-0.25, -0.2) is 0 Å². The fourth-order valence-electron chi connectivity index (χ4n) is 2.22. The van der Waals surface area contributed by atoms with Gasteiger partial charge < -0.3 is 14.6 Å². The second-order valence-electron chi connectivity index (χ2n) is 4.97. The highest BCUT2D eigenvalue weighted by atomic mass is 16.5. The lowest BCUT2D eigenvalue weighted by Crippen LogP contribution is -2.26. The first-order valence-electron chi connectivity index (χ1n) is 7.22. The summed E-state index contributed by atoms with van der Waals surface area (Å²) in [4.78, 5) is 12.2. The third kappa shape index (κ3) is 3.51. The van der Waals surface area contributed by atoms with E-state index in [2.05, 4.69) is 30.9 Å². The highest BCUT2D eigenvalue weighted by Crippen LogP contribution is 2.10. The number of amides is 1. The highest BCUT2D eigenvalue weighted by molar-refractivity contribution is 5.97. The Morgan fingerprint density at radius 2 is 2.22 bits per heavy atom. The molecule has 0 unspecified atom stereocenters. The zero-order valence-corrected chi connectivity index (χ0v) is 12.7. The molecule has 1 aromatic carbocycles. The summed E-state index contributed by atoms with van der Waals surface area (Å²) < 4.78 is 6.95. The van der Waals surface area contributed by atoms with E-state index in [-0.39, 0.29) is 5.91 Å². The maximum atomic E-state index is 12.2. The largest absolute Gasteiger partial charge is 0.383 e. The van der Waals surface area contributed by atoms with Gasteiger partial charge in [-0.2, -0.15) is 15.4 Å². The van der Waals surface area contributed by atoms with Crippen molar-refractivity contribution >= 4 is 16.9 Å². The lowest BCUT2D eigenvalue weighted by atomic mass is 10.2. The van der Waals surface area contributed by atoms with Gasteiger partial charge in [0.2, 0.25) is 0 Å². The molecule has 3 rings (SSSR count). The standard InChI is InChI=1S/C14H17N7O2/c1-23-7-6-21-9-16-19-13(21)4-5-15-14(22)10-2-3-11-12(8-10)18-20-17-11/h2-3,8-9H,4-7H2,1H3,(H,15,22)(H,17,18,20). The van der Waals surface area contributed by atoms with E-state index in [0.717, 1.165) is 11.3 Å². The highest BCUT2D eigenvalue weighted by Gasteiger charge is 2.09. The van der Waals surface area contributed by atoms with Gasteiger partial charge in [-0.15, -0.1) is 10.2 Å². The summed E-state index contributed by atoms with van der Waals surface area (Å²) >= 11 is 0. The van der Waals surface area contributed by atoms with E-state index in [1.807, 2.05) is 4.57 Å². The minimum absolute atomic E-state index is 0.155. The number of fused-ring (bicyclic) bond motifs is 1. The summed E-state index contributed by atoms with van der Waals surface area (Å²) in [7, 11) is 1.65. The lowest BCUT2D eigenvalue weighted by Gasteiger charge is -2.07. The number of rotatable bonds is 7. The van der Waals surface area contributed by atoms with Crippen LogP contribution >= 0.6 is 0 Å². The number of nitrogens with one attached hydrogen (secondary N) is 2. The van der Waals surface area contributed by atoms with Crippen molar-refractivity contribution in [3.8, 4) is 0 Å². The Morgan fingerprint density at radius 1 is 1.35 bits per heavy atom. The summed E-state index contributed by atoms with van der Waals surface area (Å²) in [5.41, 5.74) is 1.94. The average Bonchev–Trinajstić information content (AvgIpc) is 3.21. The molecule has 2 aromatic heterocycles. The average molecular weight is 315 g/mol. The zero-order valence-electron chi connectivity index (χ0n) is 12.7. The molecular weight excluding hydrogens is 298 g/mol. The second kappa shape index (κ2) is 6.97. The van der Waals surface area contributed by atoms with Crippen LogP contribution in [0.1, 0.15) is 16.2 Å². The molecule has 9 nitrogen and oxygen atoms in total. The minimum atomic E-state index is -0.155.